The number of benzene rings is 1. The Morgan fingerprint density at radius 1 is 1.35 bits per heavy atom. The van der Waals surface area contributed by atoms with Crippen molar-refractivity contribution in [2.75, 3.05) is 0 Å². The Kier molecular flexibility index (Phi) is 3.23. The van der Waals surface area contributed by atoms with Crippen molar-refractivity contribution in [3.05, 3.63) is 29.0 Å². The van der Waals surface area contributed by atoms with Crippen molar-refractivity contribution in [3.8, 4) is 0 Å². The second-order valence-corrected chi connectivity index (χ2v) is 6.66. The molecule has 0 N–H and O–H groups in total. The highest BCUT2D eigenvalue weighted by atomic mass is 35.5. The number of carbonyl (C=O) groups excluding carboxylic acids is 1. The summed E-state index contributed by atoms with van der Waals surface area (Å²) in [6.45, 7) is 0. The molecule has 1 unspecified atom stereocenters. The number of carbonyl (C=O) groups is 1. The van der Waals surface area contributed by atoms with Gasteiger partial charge in [-0.25, -0.2) is 12.8 Å². The average Bonchev–Trinajstić information content (AvgIpc) is 2.69. The van der Waals surface area contributed by atoms with Gasteiger partial charge in [0, 0.05) is 12.8 Å². The zero-order valence-electron chi connectivity index (χ0n) is 8.82. The van der Waals surface area contributed by atoms with Gasteiger partial charge in [0.05, 0.1) is 15.2 Å². The minimum Gasteiger partial charge on any atom is -0.300 e. The third-order valence-electron chi connectivity index (χ3n) is 2.86. The molecule has 1 fully saturated rings. The summed E-state index contributed by atoms with van der Waals surface area (Å²) in [5.74, 6) is -0.708. The first-order chi connectivity index (χ1) is 7.91. The highest BCUT2D eigenvalue weighted by Crippen LogP contribution is 2.29. The average molecular weight is 277 g/mol. The Balaban J connectivity index is 2.38. The molecule has 0 radical (unpaired) electrons. The van der Waals surface area contributed by atoms with E-state index >= 15 is 0 Å². The maximum Gasteiger partial charge on any atom is 0.181 e. The molecular formula is C11H10ClFO3S. The molecule has 0 heterocycles. The SMILES string of the molecule is O=C1CCC(S(=O)(=O)c2ccc(F)c(Cl)c2)C1. The summed E-state index contributed by atoms with van der Waals surface area (Å²) in [4.78, 5) is 11.1. The van der Waals surface area contributed by atoms with Crippen LogP contribution in [0, 0.1) is 5.82 Å². The first-order valence-electron chi connectivity index (χ1n) is 5.12. The molecule has 1 aliphatic carbocycles. The molecule has 0 bridgehead atoms. The van der Waals surface area contributed by atoms with Crippen LogP contribution in [0.1, 0.15) is 19.3 Å². The number of hydrogen-bond donors (Lipinski definition) is 0. The van der Waals surface area contributed by atoms with E-state index in [1.54, 1.807) is 0 Å². The molecule has 1 aliphatic rings. The Morgan fingerprint density at radius 2 is 2.06 bits per heavy atom. The van der Waals surface area contributed by atoms with E-state index in [4.69, 9.17) is 11.6 Å². The van der Waals surface area contributed by atoms with Crippen molar-refractivity contribution < 1.29 is 17.6 Å². The van der Waals surface area contributed by atoms with Crippen LogP contribution in [0.3, 0.4) is 0 Å². The van der Waals surface area contributed by atoms with E-state index in [1.165, 1.54) is 6.07 Å². The van der Waals surface area contributed by atoms with E-state index < -0.39 is 20.9 Å². The maximum absolute atomic E-state index is 12.9. The quantitative estimate of drug-likeness (QED) is 0.779. The van der Waals surface area contributed by atoms with Gasteiger partial charge in [0.1, 0.15) is 11.6 Å². The van der Waals surface area contributed by atoms with Gasteiger partial charge in [0.15, 0.2) is 9.84 Å². The number of rotatable bonds is 2. The van der Waals surface area contributed by atoms with Gasteiger partial charge in [-0.1, -0.05) is 11.6 Å². The zero-order chi connectivity index (χ0) is 12.6. The minimum absolute atomic E-state index is 0.0244. The van der Waals surface area contributed by atoms with Crippen LogP contribution in [-0.2, 0) is 14.6 Å². The van der Waals surface area contributed by atoms with Crippen LogP contribution >= 0.6 is 11.6 Å². The van der Waals surface area contributed by atoms with Gasteiger partial charge < -0.3 is 0 Å². The molecule has 92 valence electrons. The lowest BCUT2D eigenvalue weighted by molar-refractivity contribution is -0.117. The summed E-state index contributed by atoms with van der Waals surface area (Å²) in [6.07, 6.45) is 0.659. The number of hydrogen-bond acceptors (Lipinski definition) is 3. The summed E-state index contributed by atoms with van der Waals surface area (Å²) in [5, 5.41) is -0.924. The Hall–Kier alpha value is -0.940. The van der Waals surface area contributed by atoms with Gasteiger partial charge in [0.25, 0.3) is 0 Å². The van der Waals surface area contributed by atoms with E-state index in [9.17, 15) is 17.6 Å². The molecule has 0 aromatic heterocycles. The standard InChI is InChI=1S/C11H10ClFO3S/c12-10-6-9(3-4-11(10)13)17(15,16)8-2-1-7(14)5-8/h3-4,6,8H,1-2,5H2. The predicted octanol–water partition coefficient (Wildman–Crippen LogP) is 2.37. The summed E-state index contributed by atoms with van der Waals surface area (Å²) >= 11 is 5.55. The molecule has 2 rings (SSSR count). The molecule has 1 saturated carbocycles. The highest BCUT2D eigenvalue weighted by Gasteiger charge is 2.34. The molecule has 0 aliphatic heterocycles. The fraction of sp³-hybridized carbons (Fsp3) is 0.364. The van der Waals surface area contributed by atoms with E-state index in [1.807, 2.05) is 0 Å². The van der Waals surface area contributed by atoms with Crippen LogP contribution in [-0.4, -0.2) is 19.5 Å². The Labute approximate surface area is 104 Å². The lowest BCUT2D eigenvalue weighted by Crippen LogP contribution is -2.18. The third-order valence-corrected chi connectivity index (χ3v) is 5.34. The van der Waals surface area contributed by atoms with Crippen molar-refractivity contribution in [3.63, 3.8) is 0 Å². The third kappa shape index (κ3) is 2.35. The van der Waals surface area contributed by atoms with Crippen LogP contribution in [0.25, 0.3) is 0 Å². The molecule has 1 aromatic rings. The van der Waals surface area contributed by atoms with Crippen molar-refractivity contribution in [2.45, 2.75) is 29.4 Å². The lowest BCUT2D eigenvalue weighted by atomic mass is 10.3. The molecule has 0 amide bonds. The molecule has 17 heavy (non-hydrogen) atoms. The smallest absolute Gasteiger partial charge is 0.181 e. The molecule has 3 nitrogen and oxygen atoms in total. The Morgan fingerprint density at radius 3 is 2.59 bits per heavy atom. The highest BCUT2D eigenvalue weighted by molar-refractivity contribution is 7.92. The normalized spacial score (nSPS) is 20.8. The molecule has 1 atom stereocenters. The van der Waals surface area contributed by atoms with Gasteiger partial charge in [-0.05, 0) is 24.6 Å². The molecule has 0 saturated heterocycles. The monoisotopic (exact) mass is 276 g/mol. The van der Waals surface area contributed by atoms with E-state index in [0.29, 0.717) is 12.8 Å². The maximum atomic E-state index is 12.9. The Bertz CT molecular complexity index is 568. The van der Waals surface area contributed by atoms with Gasteiger partial charge in [-0.2, -0.15) is 0 Å². The van der Waals surface area contributed by atoms with Crippen LogP contribution in [0.15, 0.2) is 23.1 Å². The fourth-order valence-electron chi connectivity index (χ4n) is 1.89. The van der Waals surface area contributed by atoms with Crippen LogP contribution in [0.4, 0.5) is 4.39 Å². The van der Waals surface area contributed by atoms with Gasteiger partial charge in [-0.3, -0.25) is 4.79 Å². The summed E-state index contributed by atoms with van der Waals surface area (Å²) < 4.78 is 37.2. The first kappa shape index (κ1) is 12.5. The van der Waals surface area contributed by atoms with Crippen molar-refractivity contribution in [2.24, 2.45) is 0 Å². The number of ketones is 1. The van der Waals surface area contributed by atoms with E-state index in [0.717, 1.165) is 12.1 Å². The topological polar surface area (TPSA) is 51.2 Å². The number of halogens is 2. The van der Waals surface area contributed by atoms with Crippen molar-refractivity contribution in [1.29, 1.82) is 0 Å². The predicted molar refractivity (Wildman–Crippen MR) is 61.2 cm³/mol. The second kappa shape index (κ2) is 4.38. The van der Waals surface area contributed by atoms with Crippen LogP contribution in [0.2, 0.25) is 5.02 Å². The van der Waals surface area contributed by atoms with Crippen molar-refractivity contribution >= 4 is 27.2 Å². The number of Topliss-reactive ketones (excluding diaryl/α,β-unsaturated/α-hetero) is 1. The summed E-state index contributed by atoms with van der Waals surface area (Å²) in [5.41, 5.74) is 0. The van der Waals surface area contributed by atoms with Crippen LogP contribution < -0.4 is 0 Å². The zero-order valence-corrected chi connectivity index (χ0v) is 10.4. The van der Waals surface area contributed by atoms with Crippen molar-refractivity contribution in [1.82, 2.24) is 0 Å². The van der Waals surface area contributed by atoms with E-state index in [2.05, 4.69) is 0 Å². The largest absolute Gasteiger partial charge is 0.300 e. The lowest BCUT2D eigenvalue weighted by Gasteiger charge is -2.10. The molecular weight excluding hydrogens is 267 g/mol. The molecule has 0 spiro atoms. The minimum atomic E-state index is -3.58. The molecule has 6 heteroatoms. The van der Waals surface area contributed by atoms with Gasteiger partial charge in [-0.15, -0.1) is 0 Å². The van der Waals surface area contributed by atoms with E-state index in [-0.39, 0.29) is 22.1 Å². The van der Waals surface area contributed by atoms with Gasteiger partial charge >= 0.3 is 0 Å². The van der Waals surface area contributed by atoms with Crippen LogP contribution in [0.5, 0.6) is 0 Å². The second-order valence-electron chi connectivity index (χ2n) is 4.02. The first-order valence-corrected chi connectivity index (χ1v) is 7.04. The fourth-order valence-corrected chi connectivity index (χ4v) is 3.89. The van der Waals surface area contributed by atoms with Gasteiger partial charge in [0.2, 0.25) is 0 Å². The summed E-state index contributed by atoms with van der Waals surface area (Å²) in [6, 6.07) is 3.29. The summed E-state index contributed by atoms with van der Waals surface area (Å²) in [7, 11) is -3.58. The number of sulfone groups is 1. The molecule has 1 aromatic carbocycles.